The maximum absolute atomic E-state index is 11.4. The molecular formula is C10H15N5O. The van der Waals surface area contributed by atoms with Crippen LogP contribution in [0.2, 0.25) is 0 Å². The van der Waals surface area contributed by atoms with E-state index in [9.17, 15) is 4.79 Å². The first-order chi connectivity index (χ1) is 7.61. The van der Waals surface area contributed by atoms with Gasteiger partial charge in [-0.15, -0.1) is 5.10 Å². The number of carbonyl (C=O) groups excluding carboxylic acids is 1. The van der Waals surface area contributed by atoms with E-state index in [0.29, 0.717) is 12.5 Å². The number of aromatic nitrogens is 3. The van der Waals surface area contributed by atoms with Crippen LogP contribution >= 0.6 is 0 Å². The maximum atomic E-state index is 11.4. The molecule has 1 amide bonds. The Balaban J connectivity index is 2.32. The van der Waals surface area contributed by atoms with Crippen LogP contribution in [-0.2, 0) is 11.3 Å². The van der Waals surface area contributed by atoms with E-state index >= 15 is 0 Å². The molecule has 0 fully saturated rings. The van der Waals surface area contributed by atoms with E-state index < -0.39 is 0 Å². The first kappa shape index (κ1) is 12.2. The average Bonchev–Trinajstić information content (AvgIpc) is 2.65. The minimum Gasteiger partial charge on any atom is -0.354 e. The van der Waals surface area contributed by atoms with Gasteiger partial charge >= 0.3 is 0 Å². The van der Waals surface area contributed by atoms with Gasteiger partial charge in [0.05, 0.1) is 0 Å². The van der Waals surface area contributed by atoms with E-state index in [1.165, 1.54) is 11.0 Å². The van der Waals surface area contributed by atoms with E-state index in [1.54, 1.807) is 6.07 Å². The minimum atomic E-state index is -0.116. The van der Waals surface area contributed by atoms with Gasteiger partial charge in [0.15, 0.2) is 0 Å². The fourth-order valence-electron chi connectivity index (χ4n) is 1.13. The Morgan fingerprint density at radius 3 is 3.00 bits per heavy atom. The third kappa shape index (κ3) is 4.09. The van der Waals surface area contributed by atoms with Crippen molar-refractivity contribution in [1.29, 1.82) is 5.26 Å². The molecule has 0 aromatic carbocycles. The van der Waals surface area contributed by atoms with Gasteiger partial charge in [0.25, 0.3) is 5.82 Å². The maximum Gasteiger partial charge on any atom is 0.252 e. The molecule has 1 rings (SSSR count). The molecule has 16 heavy (non-hydrogen) atoms. The molecule has 0 aliphatic heterocycles. The van der Waals surface area contributed by atoms with Crippen molar-refractivity contribution in [3.05, 3.63) is 12.2 Å². The molecule has 6 heteroatoms. The smallest absolute Gasteiger partial charge is 0.252 e. The average molecular weight is 221 g/mol. The van der Waals surface area contributed by atoms with Gasteiger partial charge in [-0.05, 0) is 12.3 Å². The van der Waals surface area contributed by atoms with Crippen molar-refractivity contribution in [2.24, 2.45) is 5.92 Å². The molecule has 0 aliphatic rings. The molecule has 0 aliphatic carbocycles. The van der Waals surface area contributed by atoms with E-state index in [1.807, 2.05) is 0 Å². The van der Waals surface area contributed by atoms with Crippen LogP contribution in [0, 0.1) is 17.2 Å². The molecule has 0 unspecified atom stereocenters. The van der Waals surface area contributed by atoms with Crippen LogP contribution in [0.25, 0.3) is 0 Å². The van der Waals surface area contributed by atoms with Crippen LogP contribution in [0.5, 0.6) is 0 Å². The molecule has 6 nitrogen and oxygen atoms in total. The molecule has 1 heterocycles. The summed E-state index contributed by atoms with van der Waals surface area (Å²) in [4.78, 5) is 15.1. The van der Waals surface area contributed by atoms with Crippen LogP contribution in [0.1, 0.15) is 26.1 Å². The predicted octanol–water partition coefficient (Wildman–Crippen LogP) is 0.312. The van der Waals surface area contributed by atoms with Crippen LogP contribution < -0.4 is 5.32 Å². The Morgan fingerprint density at radius 1 is 1.69 bits per heavy atom. The molecular weight excluding hydrogens is 206 g/mol. The van der Waals surface area contributed by atoms with Crippen molar-refractivity contribution in [3.8, 4) is 6.07 Å². The summed E-state index contributed by atoms with van der Waals surface area (Å²) >= 11 is 0. The van der Waals surface area contributed by atoms with Gasteiger partial charge in [-0.2, -0.15) is 5.26 Å². The van der Waals surface area contributed by atoms with Crippen molar-refractivity contribution >= 4 is 5.91 Å². The largest absolute Gasteiger partial charge is 0.354 e. The van der Waals surface area contributed by atoms with E-state index in [2.05, 4.69) is 29.2 Å². The Morgan fingerprint density at radius 2 is 2.44 bits per heavy atom. The normalized spacial score (nSPS) is 10.1. The van der Waals surface area contributed by atoms with E-state index in [0.717, 1.165) is 6.42 Å². The SMILES string of the molecule is CC(C)CCNC(=O)Cn1cnc(C#N)n1. The number of nitrogens with one attached hydrogen (secondary N) is 1. The number of hydrogen-bond acceptors (Lipinski definition) is 4. The van der Waals surface area contributed by atoms with Gasteiger partial charge in [-0.1, -0.05) is 13.8 Å². The highest BCUT2D eigenvalue weighted by Crippen LogP contribution is 1.96. The zero-order valence-electron chi connectivity index (χ0n) is 9.47. The zero-order valence-corrected chi connectivity index (χ0v) is 9.47. The Kier molecular flexibility index (Phi) is 4.45. The summed E-state index contributed by atoms with van der Waals surface area (Å²) in [6, 6.07) is 1.80. The Bertz CT molecular complexity index is 390. The third-order valence-electron chi connectivity index (χ3n) is 1.99. The highest BCUT2D eigenvalue weighted by molar-refractivity contribution is 5.75. The highest BCUT2D eigenvalue weighted by atomic mass is 16.2. The molecule has 1 N–H and O–H groups in total. The lowest BCUT2D eigenvalue weighted by atomic mass is 10.1. The number of rotatable bonds is 5. The Hall–Kier alpha value is -1.90. The lowest BCUT2D eigenvalue weighted by Gasteiger charge is -2.06. The molecule has 1 aromatic heterocycles. The van der Waals surface area contributed by atoms with Crippen molar-refractivity contribution < 1.29 is 4.79 Å². The summed E-state index contributed by atoms with van der Waals surface area (Å²) in [7, 11) is 0. The lowest BCUT2D eigenvalue weighted by Crippen LogP contribution is -2.29. The van der Waals surface area contributed by atoms with Gasteiger partial charge in [-0.25, -0.2) is 9.67 Å². The monoisotopic (exact) mass is 221 g/mol. The topological polar surface area (TPSA) is 83.6 Å². The second kappa shape index (κ2) is 5.85. The van der Waals surface area contributed by atoms with E-state index in [4.69, 9.17) is 5.26 Å². The molecule has 0 spiro atoms. The first-order valence-corrected chi connectivity index (χ1v) is 5.18. The second-order valence-electron chi connectivity index (χ2n) is 3.91. The number of nitrogens with zero attached hydrogens (tertiary/aromatic N) is 4. The summed E-state index contributed by atoms with van der Waals surface area (Å²) in [6.07, 6.45) is 2.33. The van der Waals surface area contributed by atoms with Gasteiger partial charge in [-0.3, -0.25) is 4.79 Å². The lowest BCUT2D eigenvalue weighted by molar-refractivity contribution is -0.121. The van der Waals surface area contributed by atoms with Crippen molar-refractivity contribution in [2.75, 3.05) is 6.54 Å². The summed E-state index contributed by atoms with van der Waals surface area (Å²) in [6.45, 7) is 4.97. The fourth-order valence-corrected chi connectivity index (χ4v) is 1.13. The number of carbonyl (C=O) groups is 1. The molecule has 1 aromatic rings. The summed E-state index contributed by atoms with van der Waals surface area (Å²) in [5.74, 6) is 0.530. The molecule has 0 saturated carbocycles. The number of hydrogen-bond donors (Lipinski definition) is 1. The minimum absolute atomic E-state index is 0.0787. The third-order valence-corrected chi connectivity index (χ3v) is 1.99. The van der Waals surface area contributed by atoms with Gasteiger partial charge in [0.1, 0.15) is 18.9 Å². The van der Waals surface area contributed by atoms with Crippen molar-refractivity contribution in [2.45, 2.75) is 26.8 Å². The van der Waals surface area contributed by atoms with Gasteiger partial charge in [0, 0.05) is 6.54 Å². The summed E-state index contributed by atoms with van der Waals surface area (Å²) < 4.78 is 1.35. The van der Waals surface area contributed by atoms with Crippen molar-refractivity contribution in [1.82, 2.24) is 20.1 Å². The summed E-state index contributed by atoms with van der Waals surface area (Å²) in [5, 5.41) is 15.1. The molecule has 0 atom stereocenters. The summed E-state index contributed by atoms with van der Waals surface area (Å²) in [5.41, 5.74) is 0. The quantitative estimate of drug-likeness (QED) is 0.775. The van der Waals surface area contributed by atoms with Crippen LogP contribution in [0.4, 0.5) is 0 Å². The second-order valence-corrected chi connectivity index (χ2v) is 3.91. The number of nitriles is 1. The Labute approximate surface area is 94.3 Å². The van der Waals surface area contributed by atoms with Gasteiger partial charge in [0.2, 0.25) is 5.91 Å². The van der Waals surface area contributed by atoms with Crippen LogP contribution in [0.3, 0.4) is 0 Å². The fraction of sp³-hybridized carbons (Fsp3) is 0.600. The standard InChI is InChI=1S/C10H15N5O/c1-8(2)3-4-12-10(16)6-15-7-13-9(5-11)14-15/h7-8H,3-4,6H2,1-2H3,(H,12,16). The molecule has 0 saturated heterocycles. The van der Waals surface area contributed by atoms with Crippen LogP contribution in [0.15, 0.2) is 6.33 Å². The highest BCUT2D eigenvalue weighted by Gasteiger charge is 2.05. The first-order valence-electron chi connectivity index (χ1n) is 5.18. The molecule has 86 valence electrons. The number of amides is 1. The van der Waals surface area contributed by atoms with Gasteiger partial charge < -0.3 is 5.32 Å². The predicted molar refractivity (Wildman–Crippen MR) is 57.2 cm³/mol. The van der Waals surface area contributed by atoms with Crippen LogP contribution in [-0.4, -0.2) is 27.2 Å². The molecule has 0 radical (unpaired) electrons. The zero-order chi connectivity index (χ0) is 12.0. The van der Waals surface area contributed by atoms with E-state index in [-0.39, 0.29) is 18.3 Å². The van der Waals surface area contributed by atoms with Crippen molar-refractivity contribution in [3.63, 3.8) is 0 Å². The molecule has 0 bridgehead atoms.